The molecule has 0 aromatic carbocycles. The van der Waals surface area contributed by atoms with Crippen molar-refractivity contribution in [3.8, 4) is 0 Å². The molecule has 0 saturated carbocycles. The molecule has 2 atom stereocenters. The van der Waals surface area contributed by atoms with Crippen LogP contribution in [-0.4, -0.2) is 29.6 Å². The van der Waals surface area contributed by atoms with Gasteiger partial charge in [0.1, 0.15) is 6.61 Å². The lowest BCUT2D eigenvalue weighted by atomic mass is 9.80. The number of carbonyl (C=O) groups excluding carboxylic acids is 2. The molecule has 0 radical (unpaired) electrons. The van der Waals surface area contributed by atoms with E-state index in [2.05, 4.69) is 0 Å². The van der Waals surface area contributed by atoms with Crippen molar-refractivity contribution in [3.05, 3.63) is 23.8 Å². The van der Waals surface area contributed by atoms with Gasteiger partial charge in [-0.2, -0.15) is 0 Å². The number of aliphatic hydroxyl groups is 1. The molecule has 0 aromatic heterocycles. The zero-order chi connectivity index (χ0) is 13.7. The van der Waals surface area contributed by atoms with Gasteiger partial charge in [0, 0.05) is 18.1 Å². The van der Waals surface area contributed by atoms with Gasteiger partial charge in [-0.1, -0.05) is 19.9 Å². The number of hydrogen-bond donors (Lipinski definition) is 1. The third-order valence-electron chi connectivity index (χ3n) is 3.12. The molecule has 1 aliphatic carbocycles. The lowest BCUT2D eigenvalue weighted by Crippen LogP contribution is -2.32. The standard InChI is InChI=1S/C14H20O4/c1-4-5-14(17)18-8-10-6-13(16)11(9(2)3)7-12(10)15/h4-6,9,11,13,16H,7-8H2,1-3H3/b5-4+/t11-,13+/m1/s1. The molecule has 18 heavy (non-hydrogen) atoms. The van der Waals surface area contributed by atoms with E-state index in [1.807, 2.05) is 13.8 Å². The van der Waals surface area contributed by atoms with Crippen molar-refractivity contribution in [1.29, 1.82) is 0 Å². The smallest absolute Gasteiger partial charge is 0.330 e. The lowest BCUT2D eigenvalue weighted by Gasteiger charge is -2.28. The number of hydrogen-bond acceptors (Lipinski definition) is 4. The molecular weight excluding hydrogens is 232 g/mol. The van der Waals surface area contributed by atoms with Gasteiger partial charge in [0.15, 0.2) is 5.78 Å². The van der Waals surface area contributed by atoms with Crippen LogP contribution in [0.2, 0.25) is 0 Å². The molecule has 0 saturated heterocycles. The summed E-state index contributed by atoms with van der Waals surface area (Å²) in [5.41, 5.74) is 0.386. The van der Waals surface area contributed by atoms with Crippen LogP contribution in [0.1, 0.15) is 27.2 Å². The minimum Gasteiger partial charge on any atom is -0.458 e. The van der Waals surface area contributed by atoms with Gasteiger partial charge in [-0.25, -0.2) is 4.79 Å². The van der Waals surface area contributed by atoms with Crippen LogP contribution in [0.5, 0.6) is 0 Å². The van der Waals surface area contributed by atoms with Gasteiger partial charge in [-0.05, 0) is 24.8 Å². The molecule has 0 spiro atoms. The Morgan fingerprint density at radius 1 is 1.61 bits per heavy atom. The summed E-state index contributed by atoms with van der Waals surface area (Å²) in [6, 6.07) is 0. The number of aliphatic hydroxyl groups excluding tert-OH is 1. The number of ether oxygens (including phenoxy) is 1. The second-order valence-electron chi connectivity index (χ2n) is 4.83. The molecule has 100 valence electrons. The maximum absolute atomic E-state index is 11.8. The maximum Gasteiger partial charge on any atom is 0.330 e. The molecule has 0 aliphatic heterocycles. The van der Waals surface area contributed by atoms with Crippen LogP contribution >= 0.6 is 0 Å². The highest BCUT2D eigenvalue weighted by molar-refractivity contribution is 5.97. The van der Waals surface area contributed by atoms with E-state index in [-0.39, 0.29) is 24.2 Å². The SMILES string of the molecule is C/C=C/C(=O)OCC1=C[C@H](O)[C@@H](C(C)C)CC1=O. The molecule has 0 heterocycles. The van der Waals surface area contributed by atoms with Gasteiger partial charge in [-0.15, -0.1) is 0 Å². The first-order valence-corrected chi connectivity index (χ1v) is 6.17. The van der Waals surface area contributed by atoms with Crippen LogP contribution in [0.4, 0.5) is 0 Å². The fourth-order valence-corrected chi connectivity index (χ4v) is 1.98. The zero-order valence-electron chi connectivity index (χ0n) is 11.1. The predicted octanol–water partition coefficient (Wildman–Crippen LogP) is 1.64. The van der Waals surface area contributed by atoms with Crippen LogP contribution in [0.15, 0.2) is 23.8 Å². The molecule has 1 N–H and O–H groups in total. The van der Waals surface area contributed by atoms with Gasteiger partial charge in [0.05, 0.1) is 6.10 Å². The minimum absolute atomic E-state index is 0.0486. The van der Waals surface area contributed by atoms with Gasteiger partial charge in [0.25, 0.3) is 0 Å². The van der Waals surface area contributed by atoms with E-state index < -0.39 is 12.1 Å². The second-order valence-corrected chi connectivity index (χ2v) is 4.83. The summed E-state index contributed by atoms with van der Waals surface area (Å²) < 4.78 is 4.91. The Morgan fingerprint density at radius 3 is 2.83 bits per heavy atom. The van der Waals surface area contributed by atoms with Crippen LogP contribution in [0.25, 0.3) is 0 Å². The topological polar surface area (TPSA) is 63.6 Å². The molecule has 0 fully saturated rings. The zero-order valence-corrected chi connectivity index (χ0v) is 11.1. The normalized spacial score (nSPS) is 24.5. The van der Waals surface area contributed by atoms with E-state index in [4.69, 9.17) is 4.74 Å². The molecule has 0 bridgehead atoms. The van der Waals surface area contributed by atoms with Crippen LogP contribution in [0.3, 0.4) is 0 Å². The van der Waals surface area contributed by atoms with E-state index in [1.54, 1.807) is 13.0 Å². The molecule has 0 aromatic rings. The number of ketones is 1. The number of esters is 1. The van der Waals surface area contributed by atoms with Crippen molar-refractivity contribution in [2.24, 2.45) is 11.8 Å². The summed E-state index contributed by atoms with van der Waals surface area (Å²) in [6.07, 6.45) is 4.05. The minimum atomic E-state index is -0.641. The summed E-state index contributed by atoms with van der Waals surface area (Å²) in [4.78, 5) is 23.0. The average Bonchev–Trinajstić information content (AvgIpc) is 2.29. The highest BCUT2D eigenvalue weighted by Crippen LogP contribution is 2.27. The van der Waals surface area contributed by atoms with E-state index in [1.165, 1.54) is 12.2 Å². The van der Waals surface area contributed by atoms with Crippen molar-refractivity contribution in [3.63, 3.8) is 0 Å². The number of Topliss-reactive ketones (excluding diaryl/α,β-unsaturated/α-hetero) is 1. The first-order valence-electron chi connectivity index (χ1n) is 6.17. The Kier molecular flexibility index (Phi) is 5.28. The van der Waals surface area contributed by atoms with Crippen molar-refractivity contribution >= 4 is 11.8 Å². The summed E-state index contributed by atoms with van der Waals surface area (Å²) in [5, 5.41) is 9.91. The fraction of sp³-hybridized carbons (Fsp3) is 0.571. The monoisotopic (exact) mass is 252 g/mol. The number of carbonyl (C=O) groups is 2. The van der Waals surface area contributed by atoms with E-state index in [9.17, 15) is 14.7 Å². The molecular formula is C14H20O4. The molecule has 4 nitrogen and oxygen atoms in total. The molecule has 1 aliphatic rings. The van der Waals surface area contributed by atoms with E-state index in [0.717, 1.165) is 0 Å². The highest BCUT2D eigenvalue weighted by atomic mass is 16.5. The van der Waals surface area contributed by atoms with E-state index in [0.29, 0.717) is 12.0 Å². The summed E-state index contributed by atoms with van der Waals surface area (Å²) in [7, 11) is 0. The first-order chi connectivity index (χ1) is 8.45. The van der Waals surface area contributed by atoms with Gasteiger partial charge >= 0.3 is 5.97 Å². The highest BCUT2D eigenvalue weighted by Gasteiger charge is 2.30. The van der Waals surface area contributed by atoms with E-state index >= 15 is 0 Å². The fourth-order valence-electron chi connectivity index (χ4n) is 1.98. The number of rotatable bonds is 4. The third kappa shape index (κ3) is 3.81. The van der Waals surface area contributed by atoms with Crippen molar-refractivity contribution in [2.75, 3.05) is 6.61 Å². The molecule has 1 rings (SSSR count). The average molecular weight is 252 g/mol. The third-order valence-corrected chi connectivity index (χ3v) is 3.12. The van der Waals surface area contributed by atoms with Crippen molar-refractivity contribution in [2.45, 2.75) is 33.3 Å². The Bertz CT molecular complexity index is 379. The Labute approximate surface area is 107 Å². The van der Waals surface area contributed by atoms with Gasteiger partial charge < -0.3 is 9.84 Å². The molecule has 4 heteroatoms. The summed E-state index contributed by atoms with van der Waals surface area (Å²) in [5.74, 6) is -0.334. The summed E-state index contributed by atoms with van der Waals surface area (Å²) >= 11 is 0. The van der Waals surface area contributed by atoms with Crippen molar-refractivity contribution in [1.82, 2.24) is 0 Å². The largest absolute Gasteiger partial charge is 0.458 e. The Balaban J connectivity index is 2.64. The van der Waals surface area contributed by atoms with Gasteiger partial charge in [0.2, 0.25) is 0 Å². The predicted molar refractivity (Wildman–Crippen MR) is 67.8 cm³/mol. The number of allylic oxidation sites excluding steroid dienone is 1. The Morgan fingerprint density at radius 2 is 2.28 bits per heavy atom. The van der Waals surface area contributed by atoms with Crippen LogP contribution in [0, 0.1) is 11.8 Å². The second kappa shape index (κ2) is 6.50. The van der Waals surface area contributed by atoms with Gasteiger partial charge in [-0.3, -0.25) is 4.79 Å². The van der Waals surface area contributed by atoms with Crippen LogP contribution < -0.4 is 0 Å². The van der Waals surface area contributed by atoms with Crippen molar-refractivity contribution < 1.29 is 19.4 Å². The Hall–Kier alpha value is -1.42. The first kappa shape index (κ1) is 14.6. The van der Waals surface area contributed by atoms with Crippen LogP contribution in [-0.2, 0) is 14.3 Å². The maximum atomic E-state index is 11.8. The quantitative estimate of drug-likeness (QED) is 0.610. The molecule has 0 amide bonds. The lowest BCUT2D eigenvalue weighted by molar-refractivity contribution is -0.137. The summed E-state index contributed by atoms with van der Waals surface area (Å²) in [6.45, 7) is 5.60. The molecule has 0 unspecified atom stereocenters.